The number of amides is 1. The van der Waals surface area contributed by atoms with Crippen molar-refractivity contribution in [3.8, 4) is 11.5 Å². The zero-order valence-corrected chi connectivity index (χ0v) is 20.8. The van der Waals surface area contributed by atoms with Gasteiger partial charge in [-0.05, 0) is 48.0 Å². The first kappa shape index (κ1) is 24.5. The van der Waals surface area contributed by atoms with Gasteiger partial charge in [0.2, 0.25) is 0 Å². The van der Waals surface area contributed by atoms with E-state index in [0.717, 1.165) is 5.56 Å². The van der Waals surface area contributed by atoms with Crippen LogP contribution in [0.25, 0.3) is 6.08 Å². The predicted octanol–water partition coefficient (Wildman–Crippen LogP) is 6.97. The van der Waals surface area contributed by atoms with Crippen LogP contribution in [0.2, 0.25) is 15.1 Å². The van der Waals surface area contributed by atoms with Gasteiger partial charge in [0, 0.05) is 15.6 Å². The average Bonchev–Trinajstić information content (AvgIpc) is 3.14. The van der Waals surface area contributed by atoms with E-state index >= 15 is 0 Å². The first-order chi connectivity index (χ1) is 16.3. The van der Waals surface area contributed by atoms with Crippen molar-refractivity contribution >= 4 is 64.2 Å². The van der Waals surface area contributed by atoms with Gasteiger partial charge in [-0.2, -0.15) is 0 Å². The minimum atomic E-state index is -0.514. The van der Waals surface area contributed by atoms with Gasteiger partial charge in [0.15, 0.2) is 17.0 Å². The number of hydrogen-bond donors (Lipinski definition) is 2. The molecule has 0 aliphatic carbocycles. The highest BCUT2D eigenvalue weighted by Gasteiger charge is 2.28. The van der Waals surface area contributed by atoms with E-state index in [4.69, 9.17) is 44.3 Å². The number of anilines is 1. The van der Waals surface area contributed by atoms with Crippen LogP contribution in [0.5, 0.6) is 11.5 Å². The summed E-state index contributed by atoms with van der Waals surface area (Å²) >= 11 is 19.9. The summed E-state index contributed by atoms with van der Waals surface area (Å²) in [6.07, 6.45) is 1.68. The zero-order chi connectivity index (χ0) is 24.2. The molecular weight excluding hydrogens is 522 g/mol. The van der Waals surface area contributed by atoms with Crippen LogP contribution in [0.15, 0.2) is 59.5 Å². The lowest BCUT2D eigenvalue weighted by atomic mass is 10.1. The van der Waals surface area contributed by atoms with E-state index < -0.39 is 11.3 Å². The van der Waals surface area contributed by atoms with Crippen LogP contribution in [0.4, 0.5) is 10.1 Å². The molecule has 5 nitrogen and oxygen atoms in total. The third kappa shape index (κ3) is 5.73. The molecule has 1 fully saturated rings. The topological polar surface area (TPSA) is 59.6 Å². The van der Waals surface area contributed by atoms with Crippen molar-refractivity contribution in [1.29, 1.82) is 0 Å². The van der Waals surface area contributed by atoms with Crippen LogP contribution in [0.3, 0.4) is 0 Å². The van der Waals surface area contributed by atoms with E-state index in [9.17, 15) is 9.18 Å². The molecule has 10 heteroatoms. The highest BCUT2D eigenvalue weighted by Crippen LogP contribution is 2.39. The van der Waals surface area contributed by atoms with Crippen molar-refractivity contribution in [2.75, 3.05) is 12.4 Å². The lowest BCUT2D eigenvalue weighted by Crippen LogP contribution is -2.31. The molecule has 1 aliphatic heterocycles. The van der Waals surface area contributed by atoms with Gasteiger partial charge < -0.3 is 20.1 Å². The van der Waals surface area contributed by atoms with Crippen molar-refractivity contribution < 1.29 is 18.7 Å². The van der Waals surface area contributed by atoms with Crippen molar-refractivity contribution in [3.05, 3.63) is 91.5 Å². The molecule has 0 aromatic heterocycles. The van der Waals surface area contributed by atoms with Crippen LogP contribution in [-0.2, 0) is 11.4 Å². The molecule has 1 unspecified atom stereocenters. The first-order valence-electron chi connectivity index (χ1n) is 9.98. The maximum Gasteiger partial charge on any atom is 0.260 e. The Morgan fingerprint density at radius 1 is 1.12 bits per heavy atom. The summed E-state index contributed by atoms with van der Waals surface area (Å²) in [4.78, 5) is 12.9. The van der Waals surface area contributed by atoms with Crippen LogP contribution < -0.4 is 20.1 Å². The van der Waals surface area contributed by atoms with Gasteiger partial charge in [0.05, 0.1) is 22.7 Å². The number of rotatable bonds is 7. The fourth-order valence-electron chi connectivity index (χ4n) is 3.19. The summed E-state index contributed by atoms with van der Waals surface area (Å²) in [5.41, 5.74) is 1.17. The smallest absolute Gasteiger partial charge is 0.260 e. The number of ether oxygens (including phenoxy) is 2. The summed E-state index contributed by atoms with van der Waals surface area (Å²) < 4.78 is 25.2. The molecule has 4 rings (SSSR count). The number of para-hydroxylation sites is 1. The molecule has 1 heterocycles. The lowest BCUT2D eigenvalue weighted by Gasteiger charge is -2.14. The van der Waals surface area contributed by atoms with Gasteiger partial charge in [-0.1, -0.05) is 64.8 Å². The fourth-order valence-corrected chi connectivity index (χ4v) is 4.90. The number of benzene rings is 3. The minimum Gasteiger partial charge on any atom is -0.493 e. The van der Waals surface area contributed by atoms with Crippen molar-refractivity contribution in [2.24, 2.45) is 0 Å². The van der Waals surface area contributed by atoms with Gasteiger partial charge in [-0.15, -0.1) is 0 Å². The lowest BCUT2D eigenvalue weighted by molar-refractivity contribution is -0.116. The Bertz CT molecular complexity index is 1270. The number of hydrogen-bond acceptors (Lipinski definition) is 5. The normalized spacial score (nSPS) is 16.4. The molecule has 0 radical (unpaired) electrons. The van der Waals surface area contributed by atoms with Crippen LogP contribution in [-0.4, -0.2) is 18.5 Å². The van der Waals surface area contributed by atoms with E-state index in [1.54, 1.807) is 54.6 Å². The number of thioether (sulfide) groups is 1. The van der Waals surface area contributed by atoms with Crippen molar-refractivity contribution in [2.45, 2.75) is 12.1 Å². The minimum absolute atomic E-state index is 0.161. The Kier molecular flexibility index (Phi) is 7.78. The second-order valence-electron chi connectivity index (χ2n) is 7.16. The second kappa shape index (κ2) is 10.8. The second-order valence-corrected chi connectivity index (χ2v) is 9.56. The quantitative estimate of drug-likeness (QED) is 0.317. The Morgan fingerprint density at radius 2 is 1.91 bits per heavy atom. The van der Waals surface area contributed by atoms with E-state index in [-0.39, 0.29) is 12.5 Å². The third-order valence-corrected chi connectivity index (χ3v) is 6.72. The molecule has 0 spiro atoms. The summed E-state index contributed by atoms with van der Waals surface area (Å²) in [7, 11) is 1.50. The van der Waals surface area contributed by atoms with Gasteiger partial charge >= 0.3 is 0 Å². The molecule has 0 bridgehead atoms. The van der Waals surface area contributed by atoms with Crippen LogP contribution in [0, 0.1) is 5.82 Å². The maximum atomic E-state index is 13.9. The van der Waals surface area contributed by atoms with Crippen LogP contribution >= 0.6 is 46.6 Å². The van der Waals surface area contributed by atoms with E-state index in [0.29, 0.717) is 42.7 Å². The van der Waals surface area contributed by atoms with Gasteiger partial charge in [0.1, 0.15) is 12.4 Å². The molecular formula is C24H18Cl3FN2O3S. The van der Waals surface area contributed by atoms with Gasteiger partial charge in [-0.3, -0.25) is 4.79 Å². The SMILES string of the molecule is COc1cc(/C=C2\SC(Nc3ccccc3F)NC2=O)cc(Cl)c1OCc1ccc(Cl)cc1Cl. The van der Waals surface area contributed by atoms with E-state index in [2.05, 4.69) is 10.6 Å². The Labute approximate surface area is 215 Å². The largest absolute Gasteiger partial charge is 0.493 e. The Hall–Kier alpha value is -2.58. The zero-order valence-electron chi connectivity index (χ0n) is 17.7. The highest BCUT2D eigenvalue weighted by molar-refractivity contribution is 8.05. The number of carbonyl (C=O) groups excluding carboxylic acids is 1. The predicted molar refractivity (Wildman–Crippen MR) is 136 cm³/mol. The molecule has 1 saturated heterocycles. The summed E-state index contributed by atoms with van der Waals surface area (Å²) in [5.74, 6) is 0.0576. The Morgan fingerprint density at radius 3 is 2.65 bits per heavy atom. The molecule has 3 aromatic rings. The third-order valence-electron chi connectivity index (χ3n) is 4.83. The molecule has 1 aliphatic rings. The van der Waals surface area contributed by atoms with E-state index in [1.807, 2.05) is 0 Å². The summed E-state index contributed by atoms with van der Waals surface area (Å²) in [6.45, 7) is 0.161. The number of halogens is 4. The number of carbonyl (C=O) groups is 1. The Balaban J connectivity index is 1.50. The van der Waals surface area contributed by atoms with Crippen molar-refractivity contribution in [3.63, 3.8) is 0 Å². The van der Waals surface area contributed by atoms with Crippen LogP contribution in [0.1, 0.15) is 11.1 Å². The fraction of sp³-hybridized carbons (Fsp3) is 0.125. The molecule has 176 valence electrons. The summed E-state index contributed by atoms with van der Waals surface area (Å²) in [6, 6.07) is 14.8. The molecule has 0 saturated carbocycles. The van der Waals surface area contributed by atoms with Gasteiger partial charge in [-0.25, -0.2) is 4.39 Å². The van der Waals surface area contributed by atoms with Gasteiger partial charge in [0.25, 0.3) is 5.91 Å². The molecule has 3 aromatic carbocycles. The summed E-state index contributed by atoms with van der Waals surface area (Å²) in [5, 5.41) is 7.05. The standard InChI is InChI=1S/C24H18Cl3FN2O3S/c1-32-20-9-13(8-17(27)22(20)33-12-14-6-7-15(25)11-16(14)26)10-21-23(31)30-24(34-21)29-19-5-3-2-4-18(19)28/h2-11,24,29H,12H2,1H3,(H,30,31)/b21-10-. The average molecular weight is 540 g/mol. The monoisotopic (exact) mass is 538 g/mol. The molecule has 1 atom stereocenters. The molecule has 34 heavy (non-hydrogen) atoms. The molecule has 2 N–H and O–H groups in total. The highest BCUT2D eigenvalue weighted by atomic mass is 35.5. The van der Waals surface area contributed by atoms with Crippen molar-refractivity contribution in [1.82, 2.24) is 5.32 Å². The molecule has 1 amide bonds. The van der Waals surface area contributed by atoms with E-state index in [1.165, 1.54) is 24.9 Å². The number of methoxy groups -OCH3 is 1. The number of nitrogens with one attached hydrogen (secondary N) is 2. The maximum absolute atomic E-state index is 13.9. The first-order valence-corrected chi connectivity index (χ1v) is 12.0.